The van der Waals surface area contributed by atoms with Crippen molar-refractivity contribution in [2.45, 2.75) is 32.2 Å². The van der Waals surface area contributed by atoms with Crippen LogP contribution in [-0.2, 0) is 0 Å². The van der Waals surface area contributed by atoms with Gasteiger partial charge in [-0.25, -0.2) is 0 Å². The standard InChI is InChI=1S/C14H18ClN/c1-3-5-6-11-16-14(4-2)12-7-9-13(15)10-8-12/h1,7-10,14,16H,4-6,11H2,2H3. The Morgan fingerprint density at radius 2 is 2.06 bits per heavy atom. The van der Waals surface area contributed by atoms with E-state index >= 15 is 0 Å². The quantitative estimate of drug-likeness (QED) is 0.584. The molecule has 1 rings (SSSR count). The molecule has 16 heavy (non-hydrogen) atoms. The fourth-order valence-corrected chi connectivity index (χ4v) is 1.79. The molecule has 0 aliphatic rings. The molecule has 0 radical (unpaired) electrons. The SMILES string of the molecule is C#CCCCNC(CC)c1ccc(Cl)cc1. The minimum atomic E-state index is 0.398. The molecule has 0 amide bonds. The molecule has 0 aliphatic carbocycles. The Morgan fingerprint density at radius 1 is 1.38 bits per heavy atom. The number of benzene rings is 1. The third-order valence-electron chi connectivity index (χ3n) is 2.57. The average molecular weight is 236 g/mol. The molecular formula is C14H18ClN. The molecule has 0 saturated carbocycles. The Hall–Kier alpha value is -0.970. The Balaban J connectivity index is 2.48. The van der Waals surface area contributed by atoms with E-state index in [9.17, 15) is 0 Å². The van der Waals surface area contributed by atoms with Gasteiger partial charge in [0.1, 0.15) is 0 Å². The van der Waals surface area contributed by atoms with Crippen molar-refractivity contribution in [3.05, 3.63) is 34.9 Å². The summed E-state index contributed by atoms with van der Waals surface area (Å²) < 4.78 is 0. The molecule has 1 unspecified atom stereocenters. The lowest BCUT2D eigenvalue weighted by Crippen LogP contribution is -2.21. The molecular weight excluding hydrogens is 218 g/mol. The molecule has 2 heteroatoms. The molecule has 0 fully saturated rings. The van der Waals surface area contributed by atoms with E-state index < -0.39 is 0 Å². The van der Waals surface area contributed by atoms with Crippen LogP contribution in [0.1, 0.15) is 37.8 Å². The second kappa shape index (κ2) is 7.33. The van der Waals surface area contributed by atoms with Crippen LogP contribution in [0.5, 0.6) is 0 Å². The molecule has 1 aromatic rings. The van der Waals surface area contributed by atoms with Crippen LogP contribution in [0, 0.1) is 12.3 Å². The number of nitrogens with one attached hydrogen (secondary N) is 1. The zero-order chi connectivity index (χ0) is 11.8. The number of rotatable bonds is 6. The summed E-state index contributed by atoms with van der Waals surface area (Å²) in [5, 5.41) is 4.28. The third kappa shape index (κ3) is 4.26. The van der Waals surface area contributed by atoms with Crippen molar-refractivity contribution in [2.24, 2.45) is 0 Å². The molecule has 1 aromatic carbocycles. The number of unbranched alkanes of at least 4 members (excludes halogenated alkanes) is 1. The Bertz CT molecular complexity index is 337. The van der Waals surface area contributed by atoms with E-state index in [1.807, 2.05) is 12.1 Å². The second-order valence-corrected chi connectivity index (χ2v) is 4.21. The Labute approximate surface area is 103 Å². The van der Waals surface area contributed by atoms with E-state index in [1.165, 1.54) is 5.56 Å². The predicted octanol–water partition coefficient (Wildman–Crippen LogP) is 3.79. The first kappa shape index (κ1) is 13.1. The van der Waals surface area contributed by atoms with Crippen molar-refractivity contribution >= 4 is 11.6 Å². The van der Waals surface area contributed by atoms with Crippen molar-refractivity contribution in [3.63, 3.8) is 0 Å². The van der Waals surface area contributed by atoms with Crippen molar-refractivity contribution in [3.8, 4) is 12.3 Å². The van der Waals surface area contributed by atoms with Gasteiger partial charge in [0.2, 0.25) is 0 Å². The molecule has 0 spiro atoms. The van der Waals surface area contributed by atoms with Gasteiger partial charge in [-0.15, -0.1) is 12.3 Å². The predicted molar refractivity (Wildman–Crippen MR) is 70.6 cm³/mol. The van der Waals surface area contributed by atoms with Crippen LogP contribution in [-0.4, -0.2) is 6.54 Å². The van der Waals surface area contributed by atoms with Gasteiger partial charge in [0.05, 0.1) is 0 Å². The highest BCUT2D eigenvalue weighted by Gasteiger charge is 2.07. The molecule has 0 aliphatic heterocycles. The van der Waals surface area contributed by atoms with Crippen molar-refractivity contribution < 1.29 is 0 Å². The average Bonchev–Trinajstić information content (AvgIpc) is 2.31. The Kier molecular flexibility index (Phi) is 6.00. The summed E-state index contributed by atoms with van der Waals surface area (Å²) in [4.78, 5) is 0. The van der Waals surface area contributed by atoms with Gasteiger partial charge in [0.25, 0.3) is 0 Å². The van der Waals surface area contributed by atoms with Crippen molar-refractivity contribution in [2.75, 3.05) is 6.54 Å². The third-order valence-corrected chi connectivity index (χ3v) is 2.82. The topological polar surface area (TPSA) is 12.0 Å². The van der Waals surface area contributed by atoms with Crippen LogP contribution in [0.2, 0.25) is 5.02 Å². The Morgan fingerprint density at radius 3 is 2.62 bits per heavy atom. The number of hydrogen-bond acceptors (Lipinski definition) is 1. The maximum atomic E-state index is 5.86. The van der Waals surface area contributed by atoms with Crippen LogP contribution in [0.4, 0.5) is 0 Å². The minimum absolute atomic E-state index is 0.398. The van der Waals surface area contributed by atoms with Gasteiger partial charge in [-0.05, 0) is 37.1 Å². The van der Waals surface area contributed by atoms with Gasteiger partial charge >= 0.3 is 0 Å². The van der Waals surface area contributed by atoms with E-state index in [-0.39, 0.29) is 0 Å². The number of terminal acetylenes is 1. The van der Waals surface area contributed by atoms with Crippen LogP contribution in [0.3, 0.4) is 0 Å². The van der Waals surface area contributed by atoms with Gasteiger partial charge in [-0.1, -0.05) is 30.7 Å². The number of hydrogen-bond donors (Lipinski definition) is 1. The fraction of sp³-hybridized carbons (Fsp3) is 0.429. The van der Waals surface area contributed by atoms with Crippen LogP contribution in [0.15, 0.2) is 24.3 Å². The maximum Gasteiger partial charge on any atom is 0.0406 e. The summed E-state index contributed by atoms with van der Waals surface area (Å²) in [5.41, 5.74) is 1.28. The number of halogens is 1. The summed E-state index contributed by atoms with van der Waals surface area (Å²) >= 11 is 5.86. The fourth-order valence-electron chi connectivity index (χ4n) is 1.66. The largest absolute Gasteiger partial charge is 0.310 e. The molecule has 0 heterocycles. The highest BCUT2D eigenvalue weighted by atomic mass is 35.5. The summed E-state index contributed by atoms with van der Waals surface area (Å²) in [5.74, 6) is 2.65. The van der Waals surface area contributed by atoms with Gasteiger partial charge < -0.3 is 5.32 Å². The van der Waals surface area contributed by atoms with E-state index in [0.717, 1.165) is 30.8 Å². The van der Waals surface area contributed by atoms with Crippen molar-refractivity contribution in [1.29, 1.82) is 0 Å². The maximum absolute atomic E-state index is 5.86. The zero-order valence-corrected chi connectivity index (χ0v) is 10.4. The molecule has 0 aromatic heterocycles. The molecule has 0 bridgehead atoms. The van der Waals surface area contributed by atoms with E-state index in [1.54, 1.807) is 0 Å². The van der Waals surface area contributed by atoms with Crippen LogP contribution < -0.4 is 5.32 Å². The summed E-state index contributed by atoms with van der Waals surface area (Å²) in [6.07, 6.45) is 8.15. The van der Waals surface area contributed by atoms with Gasteiger partial charge in [-0.3, -0.25) is 0 Å². The summed E-state index contributed by atoms with van der Waals surface area (Å²) in [6, 6.07) is 8.41. The van der Waals surface area contributed by atoms with E-state index in [2.05, 4.69) is 30.3 Å². The highest BCUT2D eigenvalue weighted by Crippen LogP contribution is 2.18. The van der Waals surface area contributed by atoms with Gasteiger partial charge in [0, 0.05) is 17.5 Å². The molecule has 1 N–H and O–H groups in total. The molecule has 0 saturated heterocycles. The van der Waals surface area contributed by atoms with E-state index in [0.29, 0.717) is 6.04 Å². The van der Waals surface area contributed by atoms with Crippen LogP contribution in [0.25, 0.3) is 0 Å². The van der Waals surface area contributed by atoms with E-state index in [4.69, 9.17) is 18.0 Å². The lowest BCUT2D eigenvalue weighted by Gasteiger charge is -2.17. The molecule has 1 nitrogen and oxygen atoms in total. The molecule has 86 valence electrons. The minimum Gasteiger partial charge on any atom is -0.310 e. The smallest absolute Gasteiger partial charge is 0.0406 e. The first-order valence-corrected chi connectivity index (χ1v) is 6.08. The lowest BCUT2D eigenvalue weighted by molar-refractivity contribution is 0.513. The molecule has 1 atom stereocenters. The second-order valence-electron chi connectivity index (χ2n) is 3.77. The monoisotopic (exact) mass is 235 g/mol. The lowest BCUT2D eigenvalue weighted by atomic mass is 10.0. The van der Waals surface area contributed by atoms with Crippen molar-refractivity contribution in [1.82, 2.24) is 5.32 Å². The van der Waals surface area contributed by atoms with Gasteiger partial charge in [-0.2, -0.15) is 0 Å². The van der Waals surface area contributed by atoms with Gasteiger partial charge in [0.15, 0.2) is 0 Å². The van der Waals surface area contributed by atoms with Crippen LogP contribution >= 0.6 is 11.6 Å². The first-order chi connectivity index (χ1) is 7.77. The normalized spacial score (nSPS) is 12.1. The zero-order valence-electron chi connectivity index (χ0n) is 9.67. The summed E-state index contributed by atoms with van der Waals surface area (Å²) in [6.45, 7) is 3.14. The highest BCUT2D eigenvalue weighted by molar-refractivity contribution is 6.30. The first-order valence-electron chi connectivity index (χ1n) is 5.70. The summed E-state index contributed by atoms with van der Waals surface area (Å²) in [7, 11) is 0.